The Bertz CT molecular complexity index is 1280. The van der Waals surface area contributed by atoms with Gasteiger partial charge in [-0.2, -0.15) is 0 Å². The summed E-state index contributed by atoms with van der Waals surface area (Å²) in [5, 5.41) is 19.4. The molecule has 14 heteroatoms. The van der Waals surface area contributed by atoms with Gasteiger partial charge >= 0.3 is 12.3 Å². The van der Waals surface area contributed by atoms with Crippen LogP contribution in [0.3, 0.4) is 0 Å². The van der Waals surface area contributed by atoms with Crippen molar-refractivity contribution in [2.75, 3.05) is 5.75 Å². The van der Waals surface area contributed by atoms with Gasteiger partial charge < -0.3 is 20.9 Å². The normalized spacial score (nSPS) is 13.3. The summed E-state index contributed by atoms with van der Waals surface area (Å²) in [6.07, 6.45) is -4.81. The molecule has 0 aliphatic carbocycles. The molecule has 0 fully saturated rings. The number of carboxylic acid groups (broad SMARTS) is 1. The molecule has 0 bridgehead atoms. The van der Waals surface area contributed by atoms with Crippen LogP contribution in [0.25, 0.3) is 10.9 Å². The summed E-state index contributed by atoms with van der Waals surface area (Å²) in [5.41, 5.74) is 5.74. The Labute approximate surface area is 200 Å². The van der Waals surface area contributed by atoms with Crippen molar-refractivity contribution >= 4 is 34.5 Å². The van der Waals surface area contributed by atoms with Gasteiger partial charge in [-0.15, -0.1) is 30.0 Å². The summed E-state index contributed by atoms with van der Waals surface area (Å²) in [5.74, 6) is -2.00. The SMILES string of the molecule is CC(NC(=O)Cn1nnc2ccc(SCC(N)C(=O)O)cc2c1=O)c1ccc(OC(F)(F)F)cc1. The zero-order valence-electron chi connectivity index (χ0n) is 18.2. The largest absolute Gasteiger partial charge is 0.573 e. The summed E-state index contributed by atoms with van der Waals surface area (Å²) < 4.78 is 41.5. The molecular formula is C21H20F3N5O5S. The Morgan fingerprint density at radius 1 is 1.23 bits per heavy atom. The van der Waals surface area contributed by atoms with Crippen LogP contribution in [0.2, 0.25) is 0 Å². The molecule has 186 valence electrons. The molecular weight excluding hydrogens is 491 g/mol. The first-order valence-electron chi connectivity index (χ1n) is 10.1. The van der Waals surface area contributed by atoms with Gasteiger partial charge in [-0.25, -0.2) is 4.68 Å². The topological polar surface area (TPSA) is 149 Å². The third-order valence-corrected chi connectivity index (χ3v) is 5.84. The molecule has 4 N–H and O–H groups in total. The second-order valence-corrected chi connectivity index (χ2v) is 8.49. The Morgan fingerprint density at radius 2 is 1.91 bits per heavy atom. The average Bonchev–Trinajstić information content (AvgIpc) is 2.78. The van der Waals surface area contributed by atoms with Crippen molar-refractivity contribution in [3.8, 4) is 5.75 Å². The number of nitrogens with two attached hydrogens (primary N) is 1. The van der Waals surface area contributed by atoms with E-state index >= 15 is 0 Å². The van der Waals surface area contributed by atoms with Crippen molar-refractivity contribution in [3.63, 3.8) is 0 Å². The van der Waals surface area contributed by atoms with E-state index in [1.165, 1.54) is 18.2 Å². The van der Waals surface area contributed by atoms with Crippen molar-refractivity contribution in [3.05, 3.63) is 58.4 Å². The summed E-state index contributed by atoms with van der Waals surface area (Å²) in [6.45, 7) is 1.18. The van der Waals surface area contributed by atoms with E-state index in [0.29, 0.717) is 16.0 Å². The lowest BCUT2D eigenvalue weighted by atomic mass is 10.1. The number of ether oxygens (including phenoxy) is 1. The molecule has 2 atom stereocenters. The molecule has 2 aromatic carbocycles. The number of carboxylic acids is 1. The van der Waals surface area contributed by atoms with Crippen LogP contribution in [0.15, 0.2) is 52.2 Å². The highest BCUT2D eigenvalue weighted by Crippen LogP contribution is 2.24. The third kappa shape index (κ3) is 7.16. The second kappa shape index (κ2) is 10.7. The minimum atomic E-state index is -4.81. The highest BCUT2D eigenvalue weighted by molar-refractivity contribution is 7.99. The van der Waals surface area contributed by atoms with Crippen LogP contribution < -0.4 is 21.3 Å². The Balaban J connectivity index is 1.68. The molecule has 35 heavy (non-hydrogen) atoms. The van der Waals surface area contributed by atoms with Crippen LogP contribution in [0.1, 0.15) is 18.5 Å². The maximum absolute atomic E-state index is 12.8. The predicted molar refractivity (Wildman–Crippen MR) is 120 cm³/mol. The van der Waals surface area contributed by atoms with E-state index in [1.807, 2.05) is 0 Å². The molecule has 0 radical (unpaired) electrons. The molecule has 10 nitrogen and oxygen atoms in total. The first kappa shape index (κ1) is 26.0. The minimum Gasteiger partial charge on any atom is -0.480 e. The maximum atomic E-state index is 12.8. The molecule has 1 aromatic heterocycles. The zero-order chi connectivity index (χ0) is 25.8. The van der Waals surface area contributed by atoms with E-state index in [0.717, 1.165) is 28.6 Å². The lowest BCUT2D eigenvalue weighted by molar-refractivity contribution is -0.274. The van der Waals surface area contributed by atoms with Crippen molar-refractivity contribution in [2.45, 2.75) is 36.8 Å². The molecule has 0 saturated carbocycles. The number of alkyl halides is 3. The Morgan fingerprint density at radius 3 is 2.54 bits per heavy atom. The zero-order valence-corrected chi connectivity index (χ0v) is 19.0. The number of hydrogen-bond acceptors (Lipinski definition) is 8. The van der Waals surface area contributed by atoms with Crippen LogP contribution in [0.4, 0.5) is 13.2 Å². The highest BCUT2D eigenvalue weighted by Gasteiger charge is 2.31. The van der Waals surface area contributed by atoms with E-state index < -0.39 is 42.4 Å². The molecule has 0 aliphatic rings. The lowest BCUT2D eigenvalue weighted by Gasteiger charge is -2.15. The number of aromatic nitrogens is 3. The number of nitrogens with zero attached hydrogens (tertiary/aromatic N) is 3. The number of carbonyl (C=O) groups is 2. The molecule has 1 heterocycles. The number of rotatable bonds is 9. The van der Waals surface area contributed by atoms with Crippen molar-refractivity contribution < 1.29 is 32.6 Å². The van der Waals surface area contributed by atoms with Gasteiger partial charge in [0.05, 0.1) is 11.4 Å². The first-order chi connectivity index (χ1) is 16.4. The number of fused-ring (bicyclic) bond motifs is 1. The second-order valence-electron chi connectivity index (χ2n) is 7.39. The predicted octanol–water partition coefficient (Wildman–Crippen LogP) is 2.07. The molecule has 0 aliphatic heterocycles. The Kier molecular flexibility index (Phi) is 7.96. The Hall–Kier alpha value is -3.65. The van der Waals surface area contributed by atoms with Gasteiger partial charge in [0.2, 0.25) is 5.91 Å². The van der Waals surface area contributed by atoms with Crippen LogP contribution in [0, 0.1) is 0 Å². The molecule has 2 unspecified atom stereocenters. The van der Waals surface area contributed by atoms with Gasteiger partial charge in [-0.05, 0) is 42.8 Å². The monoisotopic (exact) mass is 511 g/mol. The fourth-order valence-corrected chi connectivity index (χ4v) is 3.85. The van der Waals surface area contributed by atoms with Crippen molar-refractivity contribution in [2.24, 2.45) is 5.73 Å². The van der Waals surface area contributed by atoms with Gasteiger partial charge in [0, 0.05) is 10.6 Å². The number of hydrogen-bond donors (Lipinski definition) is 3. The maximum Gasteiger partial charge on any atom is 0.573 e. The van der Waals surface area contributed by atoms with Crippen LogP contribution in [0.5, 0.6) is 5.75 Å². The minimum absolute atomic E-state index is 0.0944. The summed E-state index contributed by atoms with van der Waals surface area (Å²) >= 11 is 1.16. The molecule has 0 saturated heterocycles. The van der Waals surface area contributed by atoms with E-state index in [4.69, 9.17) is 10.8 Å². The number of halogens is 3. The fraction of sp³-hybridized carbons (Fsp3) is 0.286. The van der Waals surface area contributed by atoms with E-state index in [2.05, 4.69) is 20.4 Å². The summed E-state index contributed by atoms with van der Waals surface area (Å²) in [7, 11) is 0. The highest BCUT2D eigenvalue weighted by atomic mass is 32.2. The fourth-order valence-electron chi connectivity index (χ4n) is 2.97. The van der Waals surface area contributed by atoms with E-state index in [1.54, 1.807) is 19.1 Å². The quantitative estimate of drug-likeness (QED) is 0.367. The van der Waals surface area contributed by atoms with Crippen LogP contribution in [-0.4, -0.2) is 50.1 Å². The molecule has 3 aromatic rings. The number of nitrogens with one attached hydrogen (secondary N) is 1. The van der Waals surface area contributed by atoms with Gasteiger partial charge in [-0.3, -0.25) is 14.4 Å². The number of benzene rings is 2. The molecule has 0 spiro atoms. The average molecular weight is 511 g/mol. The number of aliphatic carboxylic acids is 1. The number of amides is 1. The number of thioether (sulfide) groups is 1. The summed E-state index contributed by atoms with van der Waals surface area (Å²) in [4.78, 5) is 36.7. The van der Waals surface area contributed by atoms with Crippen molar-refractivity contribution in [1.82, 2.24) is 20.3 Å². The van der Waals surface area contributed by atoms with Gasteiger partial charge in [0.15, 0.2) is 0 Å². The molecule has 3 rings (SSSR count). The molecule has 1 amide bonds. The van der Waals surface area contributed by atoms with Crippen molar-refractivity contribution in [1.29, 1.82) is 0 Å². The lowest BCUT2D eigenvalue weighted by Crippen LogP contribution is -2.35. The van der Waals surface area contributed by atoms with Gasteiger partial charge in [-0.1, -0.05) is 17.3 Å². The van der Waals surface area contributed by atoms with E-state index in [-0.39, 0.29) is 16.9 Å². The van der Waals surface area contributed by atoms with Gasteiger partial charge in [0.25, 0.3) is 5.56 Å². The summed E-state index contributed by atoms with van der Waals surface area (Å²) in [6, 6.07) is 8.10. The van der Waals surface area contributed by atoms with Crippen LogP contribution in [-0.2, 0) is 16.1 Å². The smallest absolute Gasteiger partial charge is 0.480 e. The number of carbonyl (C=O) groups excluding carboxylic acids is 1. The van der Waals surface area contributed by atoms with Gasteiger partial charge in [0.1, 0.15) is 23.9 Å². The van der Waals surface area contributed by atoms with E-state index in [9.17, 15) is 27.6 Å². The standard InChI is InChI=1S/C21H20F3N5O5S/c1-11(12-2-4-13(5-3-12)34-21(22,23)24)26-18(30)9-29-19(31)15-8-14(6-7-17(15)27-28-29)35-10-16(25)20(32)33/h2-8,11,16H,9-10,25H2,1H3,(H,26,30)(H,32,33). The third-order valence-electron chi connectivity index (χ3n) is 4.72. The van der Waals surface area contributed by atoms with Crippen LogP contribution >= 0.6 is 11.8 Å². The first-order valence-corrected chi connectivity index (χ1v) is 11.1.